The van der Waals surface area contributed by atoms with Crippen molar-refractivity contribution in [1.29, 1.82) is 0 Å². The molecule has 1 aromatic rings. The Morgan fingerprint density at radius 1 is 1.42 bits per heavy atom. The highest BCUT2D eigenvalue weighted by molar-refractivity contribution is 5.96. The highest BCUT2D eigenvalue weighted by atomic mass is 16.5. The molecule has 0 aromatic heterocycles. The van der Waals surface area contributed by atoms with Crippen LogP contribution in [0.1, 0.15) is 49.9 Å². The van der Waals surface area contributed by atoms with Crippen LogP contribution in [0.15, 0.2) is 24.3 Å². The van der Waals surface area contributed by atoms with Crippen LogP contribution >= 0.6 is 0 Å². The summed E-state index contributed by atoms with van der Waals surface area (Å²) in [4.78, 5) is 12.2. The summed E-state index contributed by atoms with van der Waals surface area (Å²) in [5.74, 6) is 0.895. The monoisotopic (exact) mass is 262 g/mol. The second-order valence-electron chi connectivity index (χ2n) is 5.31. The molecule has 0 radical (unpaired) electrons. The molecular weight excluding hydrogens is 240 g/mol. The molecule has 3 heteroatoms. The molecule has 1 aliphatic heterocycles. The zero-order chi connectivity index (χ0) is 13.7. The van der Waals surface area contributed by atoms with Crippen LogP contribution in [-0.4, -0.2) is 24.6 Å². The van der Waals surface area contributed by atoms with Crippen LogP contribution in [-0.2, 0) is 4.74 Å². The topological polar surface area (TPSA) is 35.5 Å². The Kier molecular flexibility index (Phi) is 4.97. The smallest absolute Gasteiger partial charge is 0.165 e. The van der Waals surface area contributed by atoms with E-state index >= 15 is 0 Å². The minimum absolute atomic E-state index is 0.0934. The summed E-state index contributed by atoms with van der Waals surface area (Å²) in [5, 5.41) is 0. The van der Waals surface area contributed by atoms with E-state index in [9.17, 15) is 4.79 Å². The number of carbonyl (C=O) groups excluding carboxylic acids is 1. The molecule has 1 fully saturated rings. The van der Waals surface area contributed by atoms with Crippen molar-refractivity contribution < 1.29 is 14.3 Å². The van der Waals surface area contributed by atoms with E-state index in [1.165, 1.54) is 0 Å². The first kappa shape index (κ1) is 14.1. The van der Waals surface area contributed by atoms with Crippen LogP contribution in [0.5, 0.6) is 5.75 Å². The third-order valence-electron chi connectivity index (χ3n) is 3.21. The first-order valence-electron chi connectivity index (χ1n) is 7.06. The molecule has 3 nitrogen and oxygen atoms in total. The van der Waals surface area contributed by atoms with Gasteiger partial charge in [0.1, 0.15) is 5.75 Å². The van der Waals surface area contributed by atoms with Crippen molar-refractivity contribution in [3.63, 3.8) is 0 Å². The third-order valence-corrected chi connectivity index (χ3v) is 3.21. The van der Waals surface area contributed by atoms with Gasteiger partial charge in [0.2, 0.25) is 0 Å². The lowest BCUT2D eigenvalue weighted by atomic mass is 10.00. The summed E-state index contributed by atoms with van der Waals surface area (Å²) in [6.07, 6.45) is 3.96. The number of ketones is 1. The molecule has 1 saturated heterocycles. The standard InChI is InChI=1S/C16H22O3/c1-12(2)19-15-8-5-6-13(10-15)16(17)11-14-7-3-4-9-18-14/h5-6,8,10,12,14H,3-4,7,9,11H2,1-2H3. The molecule has 0 spiro atoms. The van der Waals surface area contributed by atoms with Gasteiger partial charge in [0, 0.05) is 18.6 Å². The first-order chi connectivity index (χ1) is 9.15. The Morgan fingerprint density at radius 3 is 2.95 bits per heavy atom. The van der Waals surface area contributed by atoms with Crippen LogP contribution in [0.2, 0.25) is 0 Å². The molecule has 104 valence electrons. The molecule has 0 N–H and O–H groups in total. The summed E-state index contributed by atoms with van der Waals surface area (Å²) in [5.41, 5.74) is 0.715. The number of hydrogen-bond donors (Lipinski definition) is 0. The molecule has 0 amide bonds. The van der Waals surface area contributed by atoms with Crippen LogP contribution in [0, 0.1) is 0 Å². The molecule has 1 atom stereocenters. The largest absolute Gasteiger partial charge is 0.491 e. The van der Waals surface area contributed by atoms with E-state index in [-0.39, 0.29) is 18.0 Å². The van der Waals surface area contributed by atoms with Crippen molar-refractivity contribution in [3.8, 4) is 5.75 Å². The van der Waals surface area contributed by atoms with Gasteiger partial charge >= 0.3 is 0 Å². The Labute approximate surface area is 114 Å². The summed E-state index contributed by atoms with van der Waals surface area (Å²) in [6.45, 7) is 4.74. The summed E-state index contributed by atoms with van der Waals surface area (Å²) < 4.78 is 11.2. The molecule has 0 bridgehead atoms. The highest BCUT2D eigenvalue weighted by Gasteiger charge is 2.18. The minimum atomic E-state index is 0.0934. The number of ether oxygens (including phenoxy) is 2. The molecule has 0 aliphatic carbocycles. The second-order valence-corrected chi connectivity index (χ2v) is 5.31. The highest BCUT2D eigenvalue weighted by Crippen LogP contribution is 2.20. The predicted molar refractivity (Wildman–Crippen MR) is 74.7 cm³/mol. The average molecular weight is 262 g/mol. The average Bonchev–Trinajstić information content (AvgIpc) is 2.39. The maximum Gasteiger partial charge on any atom is 0.165 e. The van der Waals surface area contributed by atoms with Crippen molar-refractivity contribution >= 4 is 5.78 Å². The molecule has 1 aromatic carbocycles. The van der Waals surface area contributed by atoms with Crippen LogP contribution in [0.3, 0.4) is 0 Å². The van der Waals surface area contributed by atoms with E-state index in [1.807, 2.05) is 38.1 Å². The predicted octanol–water partition coefficient (Wildman–Crippen LogP) is 3.62. The van der Waals surface area contributed by atoms with Gasteiger partial charge in [-0.05, 0) is 45.2 Å². The lowest BCUT2D eigenvalue weighted by molar-refractivity contribution is 0.0129. The number of hydrogen-bond acceptors (Lipinski definition) is 3. The van der Waals surface area contributed by atoms with Gasteiger partial charge in [-0.3, -0.25) is 4.79 Å². The summed E-state index contributed by atoms with van der Waals surface area (Å²) >= 11 is 0. The maximum atomic E-state index is 12.2. The van der Waals surface area contributed by atoms with Gasteiger partial charge in [0.25, 0.3) is 0 Å². The van der Waals surface area contributed by atoms with Crippen molar-refractivity contribution in [2.24, 2.45) is 0 Å². The number of rotatable bonds is 5. The van der Waals surface area contributed by atoms with E-state index in [1.54, 1.807) is 0 Å². The Balaban J connectivity index is 1.97. The van der Waals surface area contributed by atoms with Crippen LogP contribution in [0.25, 0.3) is 0 Å². The SMILES string of the molecule is CC(C)Oc1cccc(C(=O)CC2CCCCO2)c1. The van der Waals surface area contributed by atoms with Gasteiger partial charge < -0.3 is 9.47 Å². The molecule has 1 heterocycles. The molecule has 0 saturated carbocycles. The second kappa shape index (κ2) is 6.71. The van der Waals surface area contributed by atoms with Crippen molar-refractivity contribution in [3.05, 3.63) is 29.8 Å². The fourth-order valence-electron chi connectivity index (χ4n) is 2.31. The Bertz CT molecular complexity index is 420. The maximum absolute atomic E-state index is 12.2. The van der Waals surface area contributed by atoms with Crippen molar-refractivity contribution in [2.45, 2.75) is 51.7 Å². The van der Waals surface area contributed by atoms with Gasteiger partial charge in [0.05, 0.1) is 12.2 Å². The Hall–Kier alpha value is -1.35. The van der Waals surface area contributed by atoms with Crippen molar-refractivity contribution in [2.75, 3.05) is 6.61 Å². The summed E-state index contributed by atoms with van der Waals surface area (Å²) in [7, 11) is 0. The fraction of sp³-hybridized carbons (Fsp3) is 0.562. The number of Topliss-reactive ketones (excluding diaryl/α,β-unsaturated/α-hetero) is 1. The number of benzene rings is 1. The van der Waals surface area contributed by atoms with E-state index in [2.05, 4.69) is 0 Å². The molecule has 2 rings (SSSR count). The third kappa shape index (κ3) is 4.35. The van der Waals surface area contributed by atoms with Crippen LogP contribution < -0.4 is 4.74 Å². The first-order valence-corrected chi connectivity index (χ1v) is 7.06. The van der Waals surface area contributed by atoms with Gasteiger partial charge in [-0.2, -0.15) is 0 Å². The zero-order valence-electron chi connectivity index (χ0n) is 11.7. The summed E-state index contributed by atoms with van der Waals surface area (Å²) in [6, 6.07) is 7.42. The molecular formula is C16H22O3. The van der Waals surface area contributed by atoms with E-state index in [0.717, 1.165) is 31.6 Å². The van der Waals surface area contributed by atoms with Crippen LogP contribution in [0.4, 0.5) is 0 Å². The van der Waals surface area contributed by atoms with E-state index in [4.69, 9.17) is 9.47 Å². The van der Waals surface area contributed by atoms with E-state index in [0.29, 0.717) is 12.0 Å². The molecule has 19 heavy (non-hydrogen) atoms. The minimum Gasteiger partial charge on any atom is -0.491 e. The van der Waals surface area contributed by atoms with Gasteiger partial charge in [-0.1, -0.05) is 12.1 Å². The van der Waals surface area contributed by atoms with E-state index < -0.39 is 0 Å². The normalized spacial score (nSPS) is 19.4. The fourth-order valence-corrected chi connectivity index (χ4v) is 2.31. The lowest BCUT2D eigenvalue weighted by Crippen LogP contribution is -2.22. The zero-order valence-corrected chi connectivity index (χ0v) is 11.7. The number of carbonyl (C=O) groups is 1. The lowest BCUT2D eigenvalue weighted by Gasteiger charge is -2.21. The van der Waals surface area contributed by atoms with Gasteiger partial charge in [-0.15, -0.1) is 0 Å². The molecule has 1 unspecified atom stereocenters. The molecule has 1 aliphatic rings. The van der Waals surface area contributed by atoms with Crippen molar-refractivity contribution in [1.82, 2.24) is 0 Å². The Morgan fingerprint density at radius 2 is 2.26 bits per heavy atom. The quantitative estimate of drug-likeness (QED) is 0.760. The van der Waals surface area contributed by atoms with Gasteiger partial charge in [0.15, 0.2) is 5.78 Å². The van der Waals surface area contributed by atoms with Gasteiger partial charge in [-0.25, -0.2) is 0 Å².